The van der Waals surface area contributed by atoms with E-state index in [9.17, 15) is 4.79 Å². The van der Waals surface area contributed by atoms with E-state index in [4.69, 9.17) is 23.2 Å². The van der Waals surface area contributed by atoms with Gasteiger partial charge in [0.1, 0.15) is 4.33 Å². The highest BCUT2D eigenvalue weighted by Gasteiger charge is 2.68. The molecular formula is C13H15Cl2NO. The minimum atomic E-state index is -0.894. The van der Waals surface area contributed by atoms with E-state index in [2.05, 4.69) is 0 Å². The number of rotatable bonds is 3. The summed E-state index contributed by atoms with van der Waals surface area (Å²) in [6, 6.07) is 9.86. The first-order valence-electron chi connectivity index (χ1n) is 5.54. The van der Waals surface area contributed by atoms with Crippen molar-refractivity contribution in [3.63, 3.8) is 0 Å². The summed E-state index contributed by atoms with van der Waals surface area (Å²) in [5, 5.41) is 0. The second-order valence-electron chi connectivity index (χ2n) is 4.86. The fourth-order valence-electron chi connectivity index (χ4n) is 1.98. The lowest BCUT2D eigenvalue weighted by molar-refractivity contribution is -0.135. The van der Waals surface area contributed by atoms with Gasteiger partial charge < -0.3 is 4.90 Å². The molecule has 1 aromatic carbocycles. The SMILES string of the molecule is CN(Cc1ccccc1)C(=O)C1(C)CC1(Cl)Cl. The predicted molar refractivity (Wildman–Crippen MR) is 70.1 cm³/mol. The molecule has 0 bridgehead atoms. The molecule has 0 saturated heterocycles. The lowest BCUT2D eigenvalue weighted by Gasteiger charge is -2.22. The number of carbonyl (C=O) groups excluding carboxylic acids is 1. The van der Waals surface area contributed by atoms with Crippen LogP contribution in [0.4, 0.5) is 0 Å². The van der Waals surface area contributed by atoms with Gasteiger partial charge in [-0.15, -0.1) is 23.2 Å². The summed E-state index contributed by atoms with van der Waals surface area (Å²) in [4.78, 5) is 13.9. The number of amides is 1. The third-order valence-corrected chi connectivity index (χ3v) is 4.44. The number of benzene rings is 1. The maximum absolute atomic E-state index is 12.2. The molecule has 0 N–H and O–H groups in total. The van der Waals surface area contributed by atoms with Crippen LogP contribution in [0.3, 0.4) is 0 Å². The zero-order valence-electron chi connectivity index (χ0n) is 9.91. The molecule has 4 heteroatoms. The Balaban J connectivity index is 2.03. The predicted octanol–water partition coefficient (Wildman–Crippen LogP) is 3.23. The molecular weight excluding hydrogens is 257 g/mol. The number of halogens is 2. The maximum atomic E-state index is 12.2. The van der Waals surface area contributed by atoms with Gasteiger partial charge in [0.05, 0.1) is 5.41 Å². The summed E-state index contributed by atoms with van der Waals surface area (Å²) >= 11 is 12.0. The summed E-state index contributed by atoms with van der Waals surface area (Å²) in [5.41, 5.74) is 0.474. The molecule has 2 rings (SSSR count). The molecule has 1 amide bonds. The number of hydrogen-bond donors (Lipinski definition) is 0. The molecule has 0 spiro atoms. The van der Waals surface area contributed by atoms with E-state index in [-0.39, 0.29) is 5.91 Å². The molecule has 1 aliphatic carbocycles. The summed E-state index contributed by atoms with van der Waals surface area (Å²) in [6.07, 6.45) is 0.529. The summed E-state index contributed by atoms with van der Waals surface area (Å²) in [5.74, 6) is 0.00588. The lowest BCUT2D eigenvalue weighted by atomic mass is 10.1. The summed E-state index contributed by atoms with van der Waals surface area (Å²) < 4.78 is -0.894. The highest BCUT2D eigenvalue weighted by atomic mass is 35.5. The van der Waals surface area contributed by atoms with Crippen LogP contribution in [0.15, 0.2) is 30.3 Å². The van der Waals surface area contributed by atoms with Gasteiger partial charge in [-0.2, -0.15) is 0 Å². The van der Waals surface area contributed by atoms with Crippen molar-refractivity contribution in [1.82, 2.24) is 4.90 Å². The first-order valence-corrected chi connectivity index (χ1v) is 6.30. The van der Waals surface area contributed by atoms with Gasteiger partial charge in [0.25, 0.3) is 0 Å². The molecule has 2 nitrogen and oxygen atoms in total. The van der Waals surface area contributed by atoms with Crippen LogP contribution >= 0.6 is 23.2 Å². The minimum Gasteiger partial charge on any atom is -0.341 e. The van der Waals surface area contributed by atoms with Gasteiger partial charge in [0.15, 0.2) is 0 Å². The van der Waals surface area contributed by atoms with Gasteiger partial charge in [-0.05, 0) is 18.9 Å². The monoisotopic (exact) mass is 271 g/mol. The molecule has 92 valence electrons. The van der Waals surface area contributed by atoms with Crippen molar-refractivity contribution in [2.24, 2.45) is 5.41 Å². The van der Waals surface area contributed by atoms with Crippen LogP contribution < -0.4 is 0 Å². The van der Waals surface area contributed by atoms with Gasteiger partial charge in [-0.25, -0.2) is 0 Å². The van der Waals surface area contributed by atoms with E-state index < -0.39 is 9.75 Å². The van der Waals surface area contributed by atoms with Crippen molar-refractivity contribution in [2.45, 2.75) is 24.2 Å². The zero-order valence-corrected chi connectivity index (χ0v) is 11.4. The highest BCUT2D eigenvalue weighted by Crippen LogP contribution is 2.64. The smallest absolute Gasteiger partial charge is 0.231 e. The van der Waals surface area contributed by atoms with Crippen LogP contribution in [0.25, 0.3) is 0 Å². The second-order valence-corrected chi connectivity index (χ2v) is 6.34. The van der Waals surface area contributed by atoms with E-state index in [1.165, 1.54) is 0 Å². The molecule has 17 heavy (non-hydrogen) atoms. The Morgan fingerprint density at radius 2 is 1.88 bits per heavy atom. The normalized spacial score (nSPS) is 25.4. The molecule has 0 heterocycles. The number of hydrogen-bond acceptors (Lipinski definition) is 1. The molecule has 1 aromatic rings. The summed E-state index contributed by atoms with van der Waals surface area (Å²) in [7, 11) is 1.78. The average Bonchev–Trinajstić information content (AvgIpc) is 2.79. The molecule has 1 saturated carbocycles. The van der Waals surface area contributed by atoms with E-state index in [1.54, 1.807) is 11.9 Å². The van der Waals surface area contributed by atoms with Crippen molar-refractivity contribution in [1.29, 1.82) is 0 Å². The van der Waals surface area contributed by atoms with E-state index >= 15 is 0 Å². The van der Waals surface area contributed by atoms with Gasteiger partial charge >= 0.3 is 0 Å². The van der Waals surface area contributed by atoms with Crippen molar-refractivity contribution >= 4 is 29.1 Å². The molecule has 1 fully saturated rings. The largest absolute Gasteiger partial charge is 0.341 e. The van der Waals surface area contributed by atoms with Crippen LogP contribution in [0, 0.1) is 5.41 Å². The molecule has 0 radical (unpaired) electrons. The third kappa shape index (κ3) is 2.29. The first-order chi connectivity index (χ1) is 7.87. The van der Waals surface area contributed by atoms with Crippen LogP contribution in [0.1, 0.15) is 18.9 Å². The standard InChI is InChI=1S/C13H15Cl2NO/c1-12(9-13(12,14)15)11(17)16(2)8-10-6-4-3-5-7-10/h3-7H,8-9H2,1-2H3. The third-order valence-electron chi connectivity index (χ3n) is 3.34. The molecule has 1 atom stereocenters. The van der Waals surface area contributed by atoms with Crippen LogP contribution in [-0.2, 0) is 11.3 Å². The van der Waals surface area contributed by atoms with Gasteiger partial charge in [-0.1, -0.05) is 30.3 Å². The average molecular weight is 272 g/mol. The van der Waals surface area contributed by atoms with Crippen molar-refractivity contribution < 1.29 is 4.79 Å². The molecule has 0 aliphatic heterocycles. The Morgan fingerprint density at radius 3 is 2.35 bits per heavy atom. The van der Waals surface area contributed by atoms with Crippen molar-refractivity contribution in [3.05, 3.63) is 35.9 Å². The topological polar surface area (TPSA) is 20.3 Å². The van der Waals surface area contributed by atoms with E-state index in [1.807, 2.05) is 37.3 Å². The van der Waals surface area contributed by atoms with Gasteiger partial charge in [-0.3, -0.25) is 4.79 Å². The molecule has 1 unspecified atom stereocenters. The van der Waals surface area contributed by atoms with Crippen LogP contribution in [-0.4, -0.2) is 22.2 Å². The zero-order chi connectivity index (χ0) is 12.7. The fourth-order valence-corrected chi connectivity index (χ4v) is 2.68. The Morgan fingerprint density at radius 1 is 1.35 bits per heavy atom. The van der Waals surface area contributed by atoms with E-state index in [0.717, 1.165) is 5.56 Å². The molecule has 0 aromatic heterocycles. The number of nitrogens with zero attached hydrogens (tertiary/aromatic N) is 1. The Hall–Kier alpha value is -0.730. The number of carbonyl (C=O) groups is 1. The lowest BCUT2D eigenvalue weighted by Crippen LogP contribution is -2.34. The van der Waals surface area contributed by atoms with Gasteiger partial charge in [0, 0.05) is 13.6 Å². The highest BCUT2D eigenvalue weighted by molar-refractivity contribution is 6.53. The minimum absolute atomic E-state index is 0.00588. The van der Waals surface area contributed by atoms with Crippen LogP contribution in [0.5, 0.6) is 0 Å². The quantitative estimate of drug-likeness (QED) is 0.773. The maximum Gasteiger partial charge on any atom is 0.231 e. The fraction of sp³-hybridized carbons (Fsp3) is 0.462. The Labute approximate surface area is 112 Å². The summed E-state index contributed by atoms with van der Waals surface area (Å²) in [6.45, 7) is 2.40. The van der Waals surface area contributed by atoms with Gasteiger partial charge in [0.2, 0.25) is 5.91 Å². The van der Waals surface area contributed by atoms with Crippen molar-refractivity contribution in [2.75, 3.05) is 7.05 Å². The first kappa shape index (κ1) is 12.7. The second kappa shape index (κ2) is 4.18. The van der Waals surface area contributed by atoms with E-state index in [0.29, 0.717) is 13.0 Å². The Bertz CT molecular complexity index is 432. The molecule has 1 aliphatic rings. The van der Waals surface area contributed by atoms with Crippen molar-refractivity contribution in [3.8, 4) is 0 Å². The Kier molecular flexibility index (Phi) is 3.13. The number of alkyl halides is 2. The van der Waals surface area contributed by atoms with Crippen LogP contribution in [0.2, 0.25) is 0 Å².